The van der Waals surface area contributed by atoms with Gasteiger partial charge in [0.15, 0.2) is 0 Å². The molecule has 3 rings (SSSR count). The summed E-state index contributed by atoms with van der Waals surface area (Å²) in [5.74, 6) is 0.654. The first-order valence-corrected chi connectivity index (χ1v) is 7.28. The lowest BCUT2D eigenvalue weighted by Crippen LogP contribution is -2.30. The summed E-state index contributed by atoms with van der Waals surface area (Å²) in [7, 11) is 0. The predicted molar refractivity (Wildman–Crippen MR) is 83.4 cm³/mol. The van der Waals surface area contributed by atoms with E-state index >= 15 is 0 Å². The van der Waals surface area contributed by atoms with E-state index in [1.54, 1.807) is 6.92 Å². The van der Waals surface area contributed by atoms with Crippen LogP contribution in [0.4, 0.5) is 11.4 Å². The van der Waals surface area contributed by atoms with E-state index in [-0.39, 0.29) is 0 Å². The molecule has 0 saturated heterocycles. The smallest absolute Gasteiger partial charge is 0.0761 e. The van der Waals surface area contributed by atoms with Crippen LogP contribution in [0.1, 0.15) is 31.1 Å². The number of aliphatic hydroxyl groups is 1. The van der Waals surface area contributed by atoms with Gasteiger partial charge in [0.2, 0.25) is 0 Å². The SMILES string of the molecule is CC1Cc2ccccc2N(c2ccc([C@@H](C)O)cc2)C1. The Kier molecular flexibility index (Phi) is 3.49. The highest BCUT2D eigenvalue weighted by atomic mass is 16.3. The van der Waals surface area contributed by atoms with Crippen LogP contribution in [0.5, 0.6) is 0 Å². The van der Waals surface area contributed by atoms with Crippen LogP contribution in [0.15, 0.2) is 48.5 Å². The number of nitrogens with zero attached hydrogens (tertiary/aromatic N) is 1. The fourth-order valence-corrected chi connectivity index (χ4v) is 2.97. The first kappa shape index (κ1) is 13.2. The van der Waals surface area contributed by atoms with Crippen LogP contribution in [-0.2, 0) is 6.42 Å². The first-order chi connectivity index (χ1) is 9.65. The largest absolute Gasteiger partial charge is 0.389 e. The number of hydrogen-bond donors (Lipinski definition) is 1. The van der Waals surface area contributed by atoms with Gasteiger partial charge in [0.25, 0.3) is 0 Å². The van der Waals surface area contributed by atoms with Gasteiger partial charge in [0, 0.05) is 17.9 Å². The molecule has 0 radical (unpaired) electrons. The Morgan fingerprint density at radius 3 is 2.50 bits per heavy atom. The lowest BCUT2D eigenvalue weighted by atomic mass is 9.93. The van der Waals surface area contributed by atoms with Crippen molar-refractivity contribution in [3.8, 4) is 0 Å². The summed E-state index contributed by atoms with van der Waals surface area (Å²) < 4.78 is 0. The average Bonchev–Trinajstić information content (AvgIpc) is 2.46. The second-order valence-corrected chi connectivity index (χ2v) is 5.82. The summed E-state index contributed by atoms with van der Waals surface area (Å²) in [4.78, 5) is 2.38. The van der Waals surface area contributed by atoms with E-state index in [1.165, 1.54) is 16.9 Å². The van der Waals surface area contributed by atoms with Gasteiger partial charge < -0.3 is 10.0 Å². The van der Waals surface area contributed by atoms with E-state index in [1.807, 2.05) is 12.1 Å². The molecule has 0 bridgehead atoms. The van der Waals surface area contributed by atoms with E-state index in [4.69, 9.17) is 0 Å². The van der Waals surface area contributed by atoms with Crippen molar-refractivity contribution in [2.24, 2.45) is 5.92 Å². The summed E-state index contributed by atoms with van der Waals surface area (Å²) in [6.45, 7) is 5.14. The van der Waals surface area contributed by atoms with Crippen LogP contribution in [0.2, 0.25) is 0 Å². The van der Waals surface area contributed by atoms with Crippen molar-refractivity contribution in [2.45, 2.75) is 26.4 Å². The molecule has 104 valence electrons. The van der Waals surface area contributed by atoms with Crippen molar-refractivity contribution < 1.29 is 5.11 Å². The molecule has 0 spiro atoms. The van der Waals surface area contributed by atoms with Gasteiger partial charge in [-0.1, -0.05) is 37.3 Å². The fourth-order valence-electron chi connectivity index (χ4n) is 2.97. The number of benzene rings is 2. The predicted octanol–water partition coefficient (Wildman–Crippen LogP) is 4.07. The summed E-state index contributed by atoms with van der Waals surface area (Å²) in [6, 6.07) is 16.9. The van der Waals surface area contributed by atoms with Crippen molar-refractivity contribution >= 4 is 11.4 Å². The number of rotatable bonds is 2. The van der Waals surface area contributed by atoms with Crippen molar-refractivity contribution in [1.82, 2.24) is 0 Å². The summed E-state index contributed by atoms with van der Waals surface area (Å²) in [5.41, 5.74) is 4.90. The molecule has 0 saturated carbocycles. The molecular weight excluding hydrogens is 246 g/mol. The Morgan fingerprint density at radius 1 is 1.10 bits per heavy atom. The number of para-hydroxylation sites is 1. The van der Waals surface area contributed by atoms with Crippen LogP contribution in [0.3, 0.4) is 0 Å². The topological polar surface area (TPSA) is 23.5 Å². The molecule has 1 heterocycles. The molecule has 0 aliphatic carbocycles. The quantitative estimate of drug-likeness (QED) is 0.886. The van der Waals surface area contributed by atoms with Crippen molar-refractivity contribution in [3.05, 3.63) is 59.7 Å². The zero-order valence-electron chi connectivity index (χ0n) is 12.1. The molecule has 0 aromatic heterocycles. The third-order valence-electron chi connectivity index (χ3n) is 4.03. The first-order valence-electron chi connectivity index (χ1n) is 7.28. The maximum atomic E-state index is 9.61. The molecule has 20 heavy (non-hydrogen) atoms. The van der Waals surface area contributed by atoms with Crippen LogP contribution >= 0.6 is 0 Å². The number of hydrogen-bond acceptors (Lipinski definition) is 2. The van der Waals surface area contributed by atoms with Crippen LogP contribution < -0.4 is 4.90 Å². The van der Waals surface area contributed by atoms with Crippen LogP contribution in [-0.4, -0.2) is 11.7 Å². The maximum Gasteiger partial charge on any atom is 0.0761 e. The summed E-state index contributed by atoms with van der Waals surface area (Å²) in [6.07, 6.45) is 0.745. The summed E-state index contributed by atoms with van der Waals surface area (Å²) in [5, 5.41) is 9.61. The lowest BCUT2D eigenvalue weighted by molar-refractivity contribution is 0.199. The monoisotopic (exact) mass is 267 g/mol. The third kappa shape index (κ3) is 2.44. The standard InChI is InChI=1S/C18H21NO/c1-13-11-16-5-3-4-6-18(16)19(12-13)17-9-7-15(8-10-17)14(2)20/h3-10,13-14,20H,11-12H2,1-2H3/t13?,14-/m1/s1. The molecule has 0 fully saturated rings. The van der Waals surface area contributed by atoms with Gasteiger partial charge in [0.05, 0.1) is 6.10 Å². The lowest BCUT2D eigenvalue weighted by Gasteiger charge is -2.35. The van der Waals surface area contributed by atoms with E-state index < -0.39 is 6.10 Å². The van der Waals surface area contributed by atoms with E-state index in [0.717, 1.165) is 18.5 Å². The van der Waals surface area contributed by atoms with Crippen LogP contribution in [0.25, 0.3) is 0 Å². The van der Waals surface area contributed by atoms with Gasteiger partial charge in [-0.25, -0.2) is 0 Å². The molecule has 2 heteroatoms. The van der Waals surface area contributed by atoms with E-state index in [9.17, 15) is 5.11 Å². The van der Waals surface area contributed by atoms with Gasteiger partial charge in [-0.15, -0.1) is 0 Å². The van der Waals surface area contributed by atoms with Crippen molar-refractivity contribution in [2.75, 3.05) is 11.4 Å². The van der Waals surface area contributed by atoms with Gasteiger partial charge in [0.1, 0.15) is 0 Å². The average molecular weight is 267 g/mol. The highest BCUT2D eigenvalue weighted by Crippen LogP contribution is 2.35. The maximum absolute atomic E-state index is 9.61. The molecule has 1 N–H and O–H groups in total. The van der Waals surface area contributed by atoms with Gasteiger partial charge in [-0.2, -0.15) is 0 Å². The Labute approximate surface area is 120 Å². The normalized spacial score (nSPS) is 19.6. The molecule has 2 aromatic rings. The Hall–Kier alpha value is -1.80. The van der Waals surface area contributed by atoms with Crippen molar-refractivity contribution in [1.29, 1.82) is 0 Å². The molecule has 1 unspecified atom stereocenters. The van der Waals surface area contributed by atoms with Crippen molar-refractivity contribution in [3.63, 3.8) is 0 Å². The van der Waals surface area contributed by atoms with Gasteiger partial charge >= 0.3 is 0 Å². The Morgan fingerprint density at radius 2 is 1.80 bits per heavy atom. The Balaban J connectivity index is 1.97. The molecular formula is C18H21NO. The van der Waals surface area contributed by atoms with E-state index in [0.29, 0.717) is 5.92 Å². The molecule has 2 nitrogen and oxygen atoms in total. The Bertz CT molecular complexity index is 589. The van der Waals surface area contributed by atoms with Gasteiger partial charge in [-0.3, -0.25) is 0 Å². The minimum Gasteiger partial charge on any atom is -0.389 e. The zero-order chi connectivity index (χ0) is 14.1. The second-order valence-electron chi connectivity index (χ2n) is 5.82. The molecule has 2 aromatic carbocycles. The minimum atomic E-state index is -0.406. The molecule has 2 atom stereocenters. The summed E-state index contributed by atoms with van der Waals surface area (Å²) >= 11 is 0. The molecule has 1 aliphatic heterocycles. The van der Waals surface area contributed by atoms with Crippen LogP contribution in [0, 0.1) is 5.92 Å². The highest BCUT2D eigenvalue weighted by Gasteiger charge is 2.22. The van der Waals surface area contributed by atoms with Gasteiger partial charge in [-0.05, 0) is 48.6 Å². The number of aliphatic hydroxyl groups excluding tert-OH is 1. The third-order valence-corrected chi connectivity index (χ3v) is 4.03. The molecule has 1 aliphatic rings. The highest BCUT2D eigenvalue weighted by molar-refractivity contribution is 5.68. The molecule has 0 amide bonds. The van der Waals surface area contributed by atoms with E-state index in [2.05, 4.69) is 48.2 Å². The number of fused-ring (bicyclic) bond motifs is 1. The fraction of sp³-hybridized carbons (Fsp3) is 0.333. The zero-order valence-corrected chi connectivity index (χ0v) is 12.1. The minimum absolute atomic E-state index is 0.406. The second kappa shape index (κ2) is 5.29. The number of anilines is 2.